The van der Waals surface area contributed by atoms with Gasteiger partial charge in [-0.3, -0.25) is 18.9 Å². The maximum absolute atomic E-state index is 12.9. The summed E-state index contributed by atoms with van der Waals surface area (Å²) in [5.74, 6) is -1.31. The number of carboxylic acids is 1. The molecular formula is C18H17ClF3N3O4S. The Morgan fingerprint density at radius 2 is 1.93 bits per heavy atom. The van der Waals surface area contributed by atoms with Gasteiger partial charge in [-0.15, -0.1) is 23.7 Å². The average Bonchev–Trinajstić information content (AvgIpc) is 2.99. The van der Waals surface area contributed by atoms with E-state index in [-0.39, 0.29) is 46.0 Å². The fraction of sp³-hybridized carbons (Fsp3) is 0.333. The topological polar surface area (TPSA) is 94.2 Å². The van der Waals surface area contributed by atoms with Crippen molar-refractivity contribution in [3.8, 4) is 0 Å². The normalized spacial score (nSPS) is 11.5. The van der Waals surface area contributed by atoms with Crippen LogP contribution in [0.15, 0.2) is 34.1 Å². The second-order valence-corrected chi connectivity index (χ2v) is 7.41. The van der Waals surface area contributed by atoms with Gasteiger partial charge in [0.05, 0.1) is 11.8 Å². The zero-order chi connectivity index (χ0) is 21.3. The number of nitrogens with zero attached hydrogens (tertiary/aromatic N) is 3. The minimum Gasteiger partial charge on any atom is -0.477 e. The largest absolute Gasteiger partial charge is 0.477 e. The van der Waals surface area contributed by atoms with Gasteiger partial charge in [0.2, 0.25) is 0 Å². The summed E-state index contributed by atoms with van der Waals surface area (Å²) in [5, 5.41) is 9.28. The van der Waals surface area contributed by atoms with Gasteiger partial charge in [-0.1, -0.05) is 6.07 Å². The molecule has 0 atom stereocenters. The van der Waals surface area contributed by atoms with Crippen LogP contribution in [-0.4, -0.2) is 31.4 Å². The van der Waals surface area contributed by atoms with E-state index in [9.17, 15) is 32.7 Å². The number of pyridine rings is 1. The number of aromatic nitrogens is 3. The van der Waals surface area contributed by atoms with Gasteiger partial charge in [-0.25, -0.2) is 9.59 Å². The zero-order valence-electron chi connectivity index (χ0n) is 15.6. The van der Waals surface area contributed by atoms with Crippen molar-refractivity contribution in [3.05, 3.63) is 61.4 Å². The van der Waals surface area contributed by atoms with Gasteiger partial charge in [-0.2, -0.15) is 13.2 Å². The first-order valence-electron chi connectivity index (χ1n) is 8.56. The van der Waals surface area contributed by atoms with Crippen LogP contribution in [0.3, 0.4) is 0 Å². The Hall–Kier alpha value is -2.66. The van der Waals surface area contributed by atoms with Crippen LogP contribution in [0, 0.1) is 6.92 Å². The molecule has 0 aliphatic rings. The summed E-state index contributed by atoms with van der Waals surface area (Å²) < 4.78 is 40.0. The smallest absolute Gasteiger partial charge is 0.390 e. The summed E-state index contributed by atoms with van der Waals surface area (Å²) in [6.45, 7) is 0.641. The average molecular weight is 464 g/mol. The highest BCUT2D eigenvalue weighted by Crippen LogP contribution is 2.29. The molecule has 0 aliphatic heterocycles. The van der Waals surface area contributed by atoms with Crippen molar-refractivity contribution in [2.75, 3.05) is 0 Å². The van der Waals surface area contributed by atoms with E-state index >= 15 is 0 Å². The summed E-state index contributed by atoms with van der Waals surface area (Å²) in [6, 6.07) is 3.43. The second-order valence-electron chi connectivity index (χ2n) is 6.41. The first kappa shape index (κ1) is 23.6. The quantitative estimate of drug-likeness (QED) is 0.605. The van der Waals surface area contributed by atoms with Crippen LogP contribution in [0.25, 0.3) is 10.2 Å². The highest BCUT2D eigenvalue weighted by molar-refractivity contribution is 7.20. The Kier molecular flexibility index (Phi) is 7.09. The predicted molar refractivity (Wildman–Crippen MR) is 108 cm³/mol. The highest BCUT2D eigenvalue weighted by atomic mass is 35.5. The highest BCUT2D eigenvalue weighted by Gasteiger charge is 2.29. The van der Waals surface area contributed by atoms with Crippen molar-refractivity contribution in [2.45, 2.75) is 39.0 Å². The maximum atomic E-state index is 12.9. The van der Waals surface area contributed by atoms with Crippen LogP contribution in [-0.2, 0) is 19.5 Å². The molecule has 7 nitrogen and oxygen atoms in total. The molecular weight excluding hydrogens is 447 g/mol. The second kappa shape index (κ2) is 9.00. The van der Waals surface area contributed by atoms with Gasteiger partial charge in [0.15, 0.2) is 0 Å². The molecule has 3 heterocycles. The van der Waals surface area contributed by atoms with Crippen LogP contribution in [0.1, 0.15) is 27.2 Å². The van der Waals surface area contributed by atoms with E-state index in [0.29, 0.717) is 11.3 Å². The van der Waals surface area contributed by atoms with Crippen molar-refractivity contribution in [2.24, 2.45) is 0 Å². The van der Waals surface area contributed by atoms with Gasteiger partial charge >= 0.3 is 17.8 Å². The molecule has 0 amide bonds. The molecule has 162 valence electrons. The molecule has 3 rings (SSSR count). The summed E-state index contributed by atoms with van der Waals surface area (Å²) in [5.41, 5.74) is -0.723. The summed E-state index contributed by atoms with van der Waals surface area (Å²) in [7, 11) is 0. The Morgan fingerprint density at radius 1 is 1.23 bits per heavy atom. The molecule has 1 N–H and O–H groups in total. The molecule has 3 aromatic rings. The number of carbonyl (C=O) groups is 1. The number of fused-ring (bicyclic) bond motifs is 1. The summed E-state index contributed by atoms with van der Waals surface area (Å²) in [4.78, 5) is 40.9. The molecule has 0 bridgehead atoms. The number of alkyl halides is 3. The SMILES string of the molecule is Cc1c(C(=O)O)sc2c1c(=O)n(CCc1cccnc1)c(=O)n2CCC(F)(F)F.Cl. The Labute approximate surface area is 177 Å². The minimum atomic E-state index is -4.51. The predicted octanol–water partition coefficient (Wildman–Crippen LogP) is 3.24. The third-order valence-corrected chi connectivity index (χ3v) is 5.76. The standard InChI is InChI=1S/C18H16F3N3O4S.ClH/c1-10-12-14(25)23(7-4-11-3-2-6-22-9-11)17(28)24(8-5-18(19,20)21)15(12)29-13(10)16(26)27;/h2-3,6,9H,4-5,7-8H2,1H3,(H,26,27);1H. The number of aryl methyl sites for hydroxylation is 3. The summed E-state index contributed by atoms with van der Waals surface area (Å²) >= 11 is 0.633. The molecule has 0 aromatic carbocycles. The molecule has 0 aliphatic carbocycles. The molecule has 30 heavy (non-hydrogen) atoms. The van der Waals surface area contributed by atoms with Crippen molar-refractivity contribution >= 4 is 39.9 Å². The number of hydrogen-bond donors (Lipinski definition) is 1. The third-order valence-electron chi connectivity index (χ3n) is 4.45. The van der Waals surface area contributed by atoms with Gasteiger partial charge < -0.3 is 5.11 Å². The Balaban J connectivity index is 0.00000320. The van der Waals surface area contributed by atoms with Crippen molar-refractivity contribution in [1.29, 1.82) is 0 Å². The van der Waals surface area contributed by atoms with E-state index in [1.54, 1.807) is 24.5 Å². The van der Waals surface area contributed by atoms with E-state index in [1.165, 1.54) is 6.92 Å². The summed E-state index contributed by atoms with van der Waals surface area (Å²) in [6.07, 6.45) is -2.40. The van der Waals surface area contributed by atoms with Gasteiger partial charge in [0.25, 0.3) is 5.56 Å². The van der Waals surface area contributed by atoms with E-state index in [2.05, 4.69) is 4.98 Å². The van der Waals surface area contributed by atoms with Crippen molar-refractivity contribution < 1.29 is 23.1 Å². The maximum Gasteiger partial charge on any atom is 0.390 e. The molecule has 12 heteroatoms. The van der Waals surface area contributed by atoms with E-state index in [0.717, 1.165) is 14.7 Å². The fourth-order valence-electron chi connectivity index (χ4n) is 3.02. The molecule has 0 spiro atoms. The lowest BCUT2D eigenvalue weighted by molar-refractivity contribution is -0.136. The number of carboxylic acid groups (broad SMARTS) is 1. The van der Waals surface area contributed by atoms with E-state index in [4.69, 9.17) is 0 Å². The molecule has 0 unspecified atom stereocenters. The first-order chi connectivity index (χ1) is 13.6. The molecule has 0 saturated carbocycles. The van der Waals surface area contributed by atoms with Gasteiger partial charge in [0, 0.05) is 25.5 Å². The molecule has 0 fully saturated rings. The van der Waals surface area contributed by atoms with Crippen molar-refractivity contribution in [1.82, 2.24) is 14.1 Å². The van der Waals surface area contributed by atoms with Crippen LogP contribution in [0.2, 0.25) is 0 Å². The zero-order valence-corrected chi connectivity index (χ0v) is 17.2. The molecule has 3 aromatic heterocycles. The number of rotatable bonds is 6. The third kappa shape index (κ3) is 4.73. The fourth-order valence-corrected chi connectivity index (χ4v) is 4.18. The van der Waals surface area contributed by atoms with Gasteiger partial charge in [0.1, 0.15) is 9.71 Å². The molecule has 0 saturated heterocycles. The lowest BCUT2D eigenvalue weighted by atomic mass is 10.2. The van der Waals surface area contributed by atoms with Crippen LogP contribution >= 0.6 is 23.7 Å². The lowest BCUT2D eigenvalue weighted by Crippen LogP contribution is -2.40. The monoisotopic (exact) mass is 463 g/mol. The van der Waals surface area contributed by atoms with E-state index in [1.807, 2.05) is 0 Å². The van der Waals surface area contributed by atoms with Crippen LogP contribution in [0.5, 0.6) is 0 Å². The number of halogens is 4. The van der Waals surface area contributed by atoms with Crippen LogP contribution in [0.4, 0.5) is 13.2 Å². The number of hydrogen-bond acceptors (Lipinski definition) is 5. The lowest BCUT2D eigenvalue weighted by Gasteiger charge is -2.13. The first-order valence-corrected chi connectivity index (χ1v) is 9.37. The number of thiophene rings is 1. The Morgan fingerprint density at radius 3 is 2.50 bits per heavy atom. The van der Waals surface area contributed by atoms with Crippen LogP contribution < -0.4 is 11.2 Å². The molecule has 0 radical (unpaired) electrons. The number of aromatic carboxylic acids is 1. The van der Waals surface area contributed by atoms with E-state index < -0.39 is 36.4 Å². The van der Waals surface area contributed by atoms with Gasteiger partial charge in [-0.05, 0) is 30.5 Å². The Bertz CT molecular complexity index is 1190. The minimum absolute atomic E-state index is 0. The van der Waals surface area contributed by atoms with Crippen molar-refractivity contribution in [3.63, 3.8) is 0 Å².